The fraction of sp³-hybridized carbons (Fsp3) is 0.385. The van der Waals surface area contributed by atoms with Crippen LogP contribution in [0.2, 0.25) is 0 Å². The van der Waals surface area contributed by atoms with Crippen molar-refractivity contribution in [1.29, 1.82) is 0 Å². The topological polar surface area (TPSA) is 66.4 Å². The van der Waals surface area contributed by atoms with E-state index in [-0.39, 0.29) is 18.4 Å². The number of amides is 1. The molecule has 0 spiro atoms. The standard InChI is InChI=1S/C13H17NO3S/c1-9(6-12(15)16)14-13(17)11-5-3-4-10(7-11)8-18-2/h3-5,7,9H,6,8H2,1-2H3,(H,14,17)(H,15,16). The Morgan fingerprint density at radius 1 is 1.44 bits per heavy atom. The second-order valence-electron chi connectivity index (χ2n) is 4.11. The molecule has 0 bridgehead atoms. The van der Waals surface area contributed by atoms with Gasteiger partial charge in [0.05, 0.1) is 6.42 Å². The minimum atomic E-state index is -0.918. The summed E-state index contributed by atoms with van der Waals surface area (Å²) in [5.41, 5.74) is 1.65. The van der Waals surface area contributed by atoms with Crippen molar-refractivity contribution in [2.45, 2.75) is 25.1 Å². The SMILES string of the molecule is CSCc1cccc(C(=O)NC(C)CC(=O)O)c1. The number of aliphatic carboxylic acids is 1. The van der Waals surface area contributed by atoms with Crippen molar-refractivity contribution in [1.82, 2.24) is 5.32 Å². The van der Waals surface area contributed by atoms with Crippen LogP contribution in [0, 0.1) is 0 Å². The van der Waals surface area contributed by atoms with Gasteiger partial charge in [-0.3, -0.25) is 9.59 Å². The molecule has 5 heteroatoms. The Bertz CT molecular complexity index is 434. The zero-order valence-corrected chi connectivity index (χ0v) is 11.3. The maximum atomic E-state index is 11.9. The Morgan fingerprint density at radius 2 is 2.17 bits per heavy atom. The van der Waals surface area contributed by atoms with Crippen LogP contribution >= 0.6 is 11.8 Å². The minimum Gasteiger partial charge on any atom is -0.481 e. The maximum Gasteiger partial charge on any atom is 0.305 e. The monoisotopic (exact) mass is 267 g/mol. The quantitative estimate of drug-likeness (QED) is 0.828. The van der Waals surface area contributed by atoms with Crippen LogP contribution in [0.1, 0.15) is 29.3 Å². The van der Waals surface area contributed by atoms with Gasteiger partial charge in [0.15, 0.2) is 0 Å². The molecule has 1 unspecified atom stereocenters. The highest BCUT2D eigenvalue weighted by Gasteiger charge is 2.12. The molecule has 98 valence electrons. The molecule has 0 aromatic heterocycles. The molecular weight excluding hydrogens is 250 g/mol. The molecule has 0 heterocycles. The van der Waals surface area contributed by atoms with Crippen molar-refractivity contribution in [2.24, 2.45) is 0 Å². The number of benzene rings is 1. The Morgan fingerprint density at radius 3 is 2.78 bits per heavy atom. The van der Waals surface area contributed by atoms with Gasteiger partial charge in [-0.25, -0.2) is 0 Å². The van der Waals surface area contributed by atoms with Crippen molar-refractivity contribution >= 4 is 23.6 Å². The smallest absolute Gasteiger partial charge is 0.305 e. The highest BCUT2D eigenvalue weighted by atomic mass is 32.2. The van der Waals surface area contributed by atoms with E-state index in [1.807, 2.05) is 24.5 Å². The molecule has 0 saturated carbocycles. The van der Waals surface area contributed by atoms with Gasteiger partial charge >= 0.3 is 5.97 Å². The highest BCUT2D eigenvalue weighted by molar-refractivity contribution is 7.97. The number of nitrogens with one attached hydrogen (secondary N) is 1. The van der Waals surface area contributed by atoms with Crippen molar-refractivity contribution in [2.75, 3.05) is 6.26 Å². The molecule has 0 aliphatic heterocycles. The number of rotatable bonds is 6. The van der Waals surface area contributed by atoms with Gasteiger partial charge < -0.3 is 10.4 Å². The van der Waals surface area contributed by atoms with E-state index in [0.717, 1.165) is 11.3 Å². The zero-order chi connectivity index (χ0) is 13.5. The van der Waals surface area contributed by atoms with E-state index in [1.165, 1.54) is 0 Å². The summed E-state index contributed by atoms with van der Waals surface area (Å²) in [6.45, 7) is 1.68. The van der Waals surface area contributed by atoms with Crippen LogP contribution in [0.3, 0.4) is 0 Å². The first kappa shape index (κ1) is 14.6. The number of carbonyl (C=O) groups excluding carboxylic acids is 1. The second-order valence-corrected chi connectivity index (χ2v) is 4.97. The molecule has 1 aromatic carbocycles. The molecule has 0 radical (unpaired) electrons. The fourth-order valence-corrected chi connectivity index (χ4v) is 2.10. The molecule has 1 rings (SSSR count). The van der Waals surface area contributed by atoms with Gasteiger partial charge in [0.25, 0.3) is 5.91 Å². The number of carbonyl (C=O) groups is 2. The second kappa shape index (κ2) is 7.06. The molecule has 0 saturated heterocycles. The molecule has 2 N–H and O–H groups in total. The normalized spacial score (nSPS) is 11.9. The molecule has 0 aliphatic carbocycles. The molecule has 1 atom stereocenters. The first-order chi connectivity index (χ1) is 8.52. The first-order valence-corrected chi connectivity index (χ1v) is 7.03. The third-order valence-corrected chi connectivity index (χ3v) is 2.98. The molecule has 1 aromatic rings. The van der Waals surface area contributed by atoms with Crippen LogP contribution < -0.4 is 5.32 Å². The lowest BCUT2D eigenvalue weighted by molar-refractivity contribution is -0.137. The molecule has 18 heavy (non-hydrogen) atoms. The van der Waals surface area contributed by atoms with E-state index in [9.17, 15) is 9.59 Å². The number of carboxylic acid groups (broad SMARTS) is 1. The predicted molar refractivity (Wildman–Crippen MR) is 72.8 cm³/mol. The van der Waals surface area contributed by atoms with Crippen LogP contribution in [0.4, 0.5) is 0 Å². The lowest BCUT2D eigenvalue weighted by Crippen LogP contribution is -2.34. The summed E-state index contributed by atoms with van der Waals surface area (Å²) in [7, 11) is 0. The van der Waals surface area contributed by atoms with Crippen molar-refractivity contribution < 1.29 is 14.7 Å². The van der Waals surface area contributed by atoms with Gasteiger partial charge in [0, 0.05) is 17.4 Å². The summed E-state index contributed by atoms with van der Waals surface area (Å²) < 4.78 is 0. The van der Waals surface area contributed by atoms with Crippen LogP contribution in [0.15, 0.2) is 24.3 Å². The Kier molecular flexibility index (Phi) is 5.71. The summed E-state index contributed by atoms with van der Waals surface area (Å²) >= 11 is 1.69. The van der Waals surface area contributed by atoms with E-state index in [4.69, 9.17) is 5.11 Å². The first-order valence-electron chi connectivity index (χ1n) is 5.63. The van der Waals surface area contributed by atoms with Gasteiger partial charge in [-0.1, -0.05) is 12.1 Å². The molecular formula is C13H17NO3S. The summed E-state index contributed by atoms with van der Waals surface area (Å²) in [6.07, 6.45) is 1.93. The predicted octanol–water partition coefficient (Wildman–Crippen LogP) is 2.14. The van der Waals surface area contributed by atoms with Crippen LogP contribution in [0.25, 0.3) is 0 Å². The number of carboxylic acids is 1. The third kappa shape index (κ3) is 4.79. The lowest BCUT2D eigenvalue weighted by Gasteiger charge is -2.12. The van der Waals surface area contributed by atoms with E-state index in [1.54, 1.807) is 24.8 Å². The van der Waals surface area contributed by atoms with Crippen LogP contribution in [-0.4, -0.2) is 29.3 Å². The molecule has 4 nitrogen and oxygen atoms in total. The van der Waals surface area contributed by atoms with Gasteiger partial charge in [0.1, 0.15) is 0 Å². The number of thioether (sulfide) groups is 1. The average Bonchev–Trinajstić information content (AvgIpc) is 2.28. The minimum absolute atomic E-state index is 0.0732. The fourth-order valence-electron chi connectivity index (χ4n) is 1.59. The van der Waals surface area contributed by atoms with Gasteiger partial charge in [-0.05, 0) is 30.9 Å². The van der Waals surface area contributed by atoms with E-state index in [0.29, 0.717) is 5.56 Å². The number of hydrogen-bond acceptors (Lipinski definition) is 3. The zero-order valence-electron chi connectivity index (χ0n) is 10.5. The highest BCUT2D eigenvalue weighted by Crippen LogP contribution is 2.11. The summed E-state index contributed by atoms with van der Waals surface area (Å²) in [5.74, 6) is -0.295. The van der Waals surface area contributed by atoms with Gasteiger partial charge in [-0.15, -0.1) is 0 Å². The third-order valence-electron chi connectivity index (χ3n) is 2.36. The van der Waals surface area contributed by atoms with E-state index >= 15 is 0 Å². The van der Waals surface area contributed by atoms with Gasteiger partial charge in [0.2, 0.25) is 0 Å². The lowest BCUT2D eigenvalue weighted by atomic mass is 10.1. The summed E-state index contributed by atoms with van der Waals surface area (Å²) in [4.78, 5) is 22.4. The molecule has 0 fully saturated rings. The van der Waals surface area contributed by atoms with Crippen molar-refractivity contribution in [3.63, 3.8) is 0 Å². The van der Waals surface area contributed by atoms with Crippen LogP contribution in [-0.2, 0) is 10.5 Å². The molecule has 0 aliphatic rings. The Hall–Kier alpha value is -1.49. The summed E-state index contributed by atoms with van der Waals surface area (Å²) in [6, 6.07) is 6.99. The van der Waals surface area contributed by atoms with E-state index < -0.39 is 5.97 Å². The van der Waals surface area contributed by atoms with Crippen molar-refractivity contribution in [3.05, 3.63) is 35.4 Å². The maximum absolute atomic E-state index is 11.9. The number of hydrogen-bond donors (Lipinski definition) is 2. The average molecular weight is 267 g/mol. The van der Waals surface area contributed by atoms with Gasteiger partial charge in [-0.2, -0.15) is 11.8 Å². The molecule has 1 amide bonds. The van der Waals surface area contributed by atoms with E-state index in [2.05, 4.69) is 5.32 Å². The van der Waals surface area contributed by atoms with Crippen molar-refractivity contribution in [3.8, 4) is 0 Å². The Labute approximate surface area is 111 Å². The Balaban J connectivity index is 2.66. The van der Waals surface area contributed by atoms with Crippen LogP contribution in [0.5, 0.6) is 0 Å². The largest absolute Gasteiger partial charge is 0.481 e. The summed E-state index contributed by atoms with van der Waals surface area (Å²) in [5, 5.41) is 11.3.